The highest BCUT2D eigenvalue weighted by molar-refractivity contribution is 7.99. The average molecular weight is 255 g/mol. The summed E-state index contributed by atoms with van der Waals surface area (Å²) in [6.07, 6.45) is 9.21. The van der Waals surface area contributed by atoms with Crippen LogP contribution in [0.15, 0.2) is 0 Å². The van der Waals surface area contributed by atoms with Gasteiger partial charge in [0, 0.05) is 18.4 Å². The van der Waals surface area contributed by atoms with Crippen LogP contribution in [0, 0.1) is 11.8 Å². The second-order valence-electron chi connectivity index (χ2n) is 6.27. The van der Waals surface area contributed by atoms with Crippen LogP contribution in [0.5, 0.6) is 0 Å². The van der Waals surface area contributed by atoms with Gasteiger partial charge in [0.25, 0.3) is 0 Å². The molecule has 2 nitrogen and oxygen atoms in total. The van der Waals surface area contributed by atoms with E-state index in [1.54, 1.807) is 0 Å². The van der Waals surface area contributed by atoms with E-state index in [1.807, 2.05) is 0 Å². The summed E-state index contributed by atoms with van der Waals surface area (Å²) in [6, 6.07) is 0.492. The molecule has 2 aliphatic heterocycles. The Hall–Kier alpha value is 0.270. The maximum absolute atomic E-state index is 6.21. The molecule has 0 aromatic carbocycles. The molecule has 3 heteroatoms. The van der Waals surface area contributed by atoms with E-state index < -0.39 is 0 Å². The molecule has 3 unspecified atom stereocenters. The van der Waals surface area contributed by atoms with Gasteiger partial charge in [0.05, 0.1) is 5.60 Å². The van der Waals surface area contributed by atoms with Gasteiger partial charge in [-0.2, -0.15) is 11.8 Å². The Kier molecular flexibility index (Phi) is 3.69. The monoisotopic (exact) mass is 255 g/mol. The Morgan fingerprint density at radius 2 is 2.24 bits per heavy atom. The van der Waals surface area contributed by atoms with E-state index in [2.05, 4.69) is 11.8 Å². The zero-order valence-corrected chi connectivity index (χ0v) is 11.5. The highest BCUT2D eigenvalue weighted by Crippen LogP contribution is 2.42. The van der Waals surface area contributed by atoms with E-state index in [0.29, 0.717) is 6.04 Å². The van der Waals surface area contributed by atoms with Gasteiger partial charge in [0.1, 0.15) is 0 Å². The Balaban J connectivity index is 1.46. The van der Waals surface area contributed by atoms with Gasteiger partial charge in [-0.15, -0.1) is 0 Å². The van der Waals surface area contributed by atoms with Crippen LogP contribution in [0.3, 0.4) is 0 Å². The summed E-state index contributed by atoms with van der Waals surface area (Å²) in [5, 5.41) is 0. The predicted octanol–water partition coefficient (Wildman–Crippen LogP) is 2.81. The molecule has 3 atom stereocenters. The van der Waals surface area contributed by atoms with Crippen molar-refractivity contribution in [3.8, 4) is 0 Å². The van der Waals surface area contributed by atoms with Crippen LogP contribution in [-0.4, -0.2) is 29.8 Å². The predicted molar refractivity (Wildman–Crippen MR) is 73.3 cm³/mol. The minimum atomic E-state index is 0.261. The largest absolute Gasteiger partial charge is 0.374 e. The molecular weight excluding hydrogens is 230 g/mol. The van der Waals surface area contributed by atoms with Gasteiger partial charge in [0.2, 0.25) is 0 Å². The van der Waals surface area contributed by atoms with Crippen molar-refractivity contribution in [2.24, 2.45) is 17.6 Å². The van der Waals surface area contributed by atoms with Crippen LogP contribution in [0.1, 0.15) is 44.9 Å². The molecule has 3 aliphatic rings. The summed E-state index contributed by atoms with van der Waals surface area (Å²) in [5.74, 6) is 4.28. The number of nitrogens with two attached hydrogens (primary N) is 1. The molecule has 0 aromatic rings. The van der Waals surface area contributed by atoms with Gasteiger partial charge in [-0.05, 0) is 62.5 Å². The first-order valence-electron chi connectivity index (χ1n) is 7.25. The third kappa shape index (κ3) is 2.99. The molecular formula is C14H25NOS. The second-order valence-corrected chi connectivity index (χ2v) is 7.38. The number of hydrogen-bond acceptors (Lipinski definition) is 3. The molecule has 3 fully saturated rings. The molecule has 1 aliphatic carbocycles. The molecule has 0 radical (unpaired) electrons. The van der Waals surface area contributed by atoms with E-state index in [0.717, 1.165) is 18.4 Å². The maximum Gasteiger partial charge on any atom is 0.0783 e. The van der Waals surface area contributed by atoms with E-state index in [4.69, 9.17) is 10.5 Å². The number of hydrogen-bond donors (Lipinski definition) is 1. The lowest BCUT2D eigenvalue weighted by atomic mass is 9.82. The maximum atomic E-state index is 6.21. The summed E-state index contributed by atoms with van der Waals surface area (Å²) in [6.45, 7) is 0.990. The lowest BCUT2D eigenvalue weighted by Crippen LogP contribution is -2.40. The van der Waals surface area contributed by atoms with Crippen molar-refractivity contribution < 1.29 is 4.74 Å². The van der Waals surface area contributed by atoms with Crippen molar-refractivity contribution in [1.29, 1.82) is 0 Å². The fourth-order valence-corrected chi connectivity index (χ4v) is 4.81. The lowest BCUT2D eigenvalue weighted by Gasteiger charge is -2.38. The molecule has 1 spiro atoms. The normalized spacial score (nSPS) is 39.7. The summed E-state index contributed by atoms with van der Waals surface area (Å²) in [5.41, 5.74) is 6.47. The highest BCUT2D eigenvalue weighted by atomic mass is 32.2. The molecule has 2 heterocycles. The van der Waals surface area contributed by atoms with Crippen LogP contribution in [-0.2, 0) is 4.74 Å². The Morgan fingerprint density at radius 3 is 2.94 bits per heavy atom. The van der Waals surface area contributed by atoms with Crippen LogP contribution < -0.4 is 5.73 Å². The SMILES string of the molecule is NC(CCC1CCOC2(CCSC2)C1)C1CC1. The number of ether oxygens (including phenoxy) is 1. The molecule has 2 saturated heterocycles. The van der Waals surface area contributed by atoms with E-state index in [9.17, 15) is 0 Å². The quantitative estimate of drug-likeness (QED) is 0.839. The fraction of sp³-hybridized carbons (Fsp3) is 1.00. The molecule has 3 rings (SSSR count). The smallest absolute Gasteiger partial charge is 0.0783 e. The third-order valence-electron chi connectivity index (χ3n) is 4.80. The van der Waals surface area contributed by atoms with Crippen molar-refractivity contribution in [3.63, 3.8) is 0 Å². The van der Waals surface area contributed by atoms with E-state index >= 15 is 0 Å². The van der Waals surface area contributed by atoms with Gasteiger partial charge in [0.15, 0.2) is 0 Å². The van der Waals surface area contributed by atoms with Crippen molar-refractivity contribution in [2.75, 3.05) is 18.1 Å². The first-order valence-corrected chi connectivity index (χ1v) is 8.40. The standard InChI is InChI=1S/C14H25NOS/c15-13(12-2-3-12)4-1-11-5-7-16-14(9-11)6-8-17-10-14/h11-13H,1-10,15H2. The summed E-state index contributed by atoms with van der Waals surface area (Å²) < 4.78 is 6.07. The molecule has 98 valence electrons. The number of rotatable bonds is 4. The summed E-state index contributed by atoms with van der Waals surface area (Å²) >= 11 is 2.07. The Labute approximate surface area is 109 Å². The Morgan fingerprint density at radius 1 is 1.35 bits per heavy atom. The van der Waals surface area contributed by atoms with E-state index in [-0.39, 0.29) is 5.60 Å². The molecule has 0 aromatic heterocycles. The van der Waals surface area contributed by atoms with Crippen molar-refractivity contribution in [3.05, 3.63) is 0 Å². The van der Waals surface area contributed by atoms with Crippen LogP contribution >= 0.6 is 11.8 Å². The topological polar surface area (TPSA) is 35.2 Å². The van der Waals surface area contributed by atoms with Crippen LogP contribution in [0.25, 0.3) is 0 Å². The van der Waals surface area contributed by atoms with Crippen LogP contribution in [0.2, 0.25) is 0 Å². The zero-order chi connectivity index (χ0) is 11.7. The summed E-state index contributed by atoms with van der Waals surface area (Å²) in [7, 11) is 0. The average Bonchev–Trinajstić information content (AvgIpc) is 3.10. The minimum Gasteiger partial charge on any atom is -0.374 e. The molecule has 0 amide bonds. The molecule has 0 bridgehead atoms. The zero-order valence-electron chi connectivity index (χ0n) is 10.7. The molecule has 2 N–H and O–H groups in total. The van der Waals surface area contributed by atoms with E-state index in [1.165, 1.54) is 56.5 Å². The van der Waals surface area contributed by atoms with Gasteiger partial charge in [-0.25, -0.2) is 0 Å². The Bertz CT molecular complexity index is 261. The van der Waals surface area contributed by atoms with Crippen molar-refractivity contribution >= 4 is 11.8 Å². The van der Waals surface area contributed by atoms with Gasteiger partial charge in [-0.3, -0.25) is 0 Å². The van der Waals surface area contributed by atoms with Crippen molar-refractivity contribution in [2.45, 2.75) is 56.6 Å². The van der Waals surface area contributed by atoms with Gasteiger partial charge < -0.3 is 10.5 Å². The first-order chi connectivity index (χ1) is 8.27. The molecule has 1 saturated carbocycles. The number of thioether (sulfide) groups is 1. The van der Waals surface area contributed by atoms with Gasteiger partial charge in [-0.1, -0.05) is 0 Å². The van der Waals surface area contributed by atoms with Gasteiger partial charge >= 0.3 is 0 Å². The molecule has 17 heavy (non-hydrogen) atoms. The third-order valence-corrected chi connectivity index (χ3v) is 6.02. The van der Waals surface area contributed by atoms with Crippen molar-refractivity contribution in [1.82, 2.24) is 0 Å². The lowest BCUT2D eigenvalue weighted by molar-refractivity contribution is -0.0809. The minimum absolute atomic E-state index is 0.261. The highest BCUT2D eigenvalue weighted by Gasteiger charge is 2.40. The fourth-order valence-electron chi connectivity index (χ4n) is 3.43. The van der Waals surface area contributed by atoms with Crippen LogP contribution in [0.4, 0.5) is 0 Å². The first kappa shape index (κ1) is 12.3. The second kappa shape index (κ2) is 5.10. The summed E-state index contributed by atoms with van der Waals surface area (Å²) in [4.78, 5) is 0.